The van der Waals surface area contributed by atoms with Crippen LogP contribution >= 0.6 is 0 Å². The Bertz CT molecular complexity index is 158. The van der Waals surface area contributed by atoms with Gasteiger partial charge in [-0.3, -0.25) is 0 Å². The van der Waals surface area contributed by atoms with Crippen molar-refractivity contribution in [1.82, 2.24) is 9.97 Å². The molecule has 0 saturated carbocycles. The minimum atomic E-state index is 0. The molecular formula is C10H22ClN3. The maximum atomic E-state index is 3.67. The Morgan fingerprint density at radius 1 is 1.14 bits per heavy atom. The van der Waals surface area contributed by atoms with Crippen LogP contribution < -0.4 is 12.4 Å². The van der Waals surface area contributed by atoms with Gasteiger partial charge in [0.25, 0.3) is 0 Å². The molecule has 1 heterocycles. The van der Waals surface area contributed by atoms with Gasteiger partial charge in [0.15, 0.2) is 0 Å². The molecule has 1 rings (SSSR count). The van der Waals surface area contributed by atoms with Gasteiger partial charge >= 0.3 is 0 Å². The Hall–Kier alpha value is -0.540. The van der Waals surface area contributed by atoms with Gasteiger partial charge in [0.1, 0.15) is 0 Å². The van der Waals surface area contributed by atoms with E-state index in [0.29, 0.717) is 0 Å². The number of aromatic nitrogens is 2. The Morgan fingerprint density at radius 3 is 1.71 bits per heavy atom. The van der Waals surface area contributed by atoms with Crippen molar-refractivity contribution < 1.29 is 16.9 Å². The average Bonchev–Trinajstić information content (AvgIpc) is 2.75. The van der Waals surface area contributed by atoms with Gasteiger partial charge in [0.2, 0.25) is 0 Å². The molecular weight excluding hydrogens is 198 g/mol. The molecule has 3 nitrogen and oxygen atoms in total. The van der Waals surface area contributed by atoms with Gasteiger partial charge in [-0.15, -0.1) is 0 Å². The molecule has 1 aromatic rings. The lowest BCUT2D eigenvalue weighted by molar-refractivity contribution is -0.904. The van der Waals surface area contributed by atoms with Gasteiger partial charge in [-0.25, -0.2) is 4.98 Å². The minimum absolute atomic E-state index is 0. The van der Waals surface area contributed by atoms with E-state index in [1.807, 2.05) is 0 Å². The van der Waals surface area contributed by atoms with Crippen LogP contribution in [0.15, 0.2) is 18.7 Å². The molecule has 84 valence electrons. The van der Waals surface area contributed by atoms with E-state index in [-0.39, 0.29) is 12.4 Å². The van der Waals surface area contributed by atoms with Crippen LogP contribution in [0.1, 0.15) is 20.8 Å². The summed E-state index contributed by atoms with van der Waals surface area (Å²) in [5.41, 5.74) is 0. The second-order valence-corrected chi connectivity index (χ2v) is 3.33. The zero-order valence-corrected chi connectivity index (χ0v) is 10.4. The molecule has 0 unspecified atom stereocenters. The molecule has 4 heteroatoms. The third kappa shape index (κ3) is 6.92. The Kier molecular flexibility index (Phi) is 10.3. The van der Waals surface area contributed by atoms with E-state index >= 15 is 0 Å². The number of hydrogen-bond acceptors (Lipinski definition) is 1. The first-order valence-corrected chi connectivity index (χ1v) is 4.94. The van der Waals surface area contributed by atoms with Crippen LogP contribution in [0.25, 0.3) is 0 Å². The van der Waals surface area contributed by atoms with E-state index in [4.69, 9.17) is 0 Å². The average molecular weight is 220 g/mol. The van der Waals surface area contributed by atoms with Crippen LogP contribution in [0, 0.1) is 0 Å². The van der Waals surface area contributed by atoms with Gasteiger partial charge < -0.3 is 21.9 Å². The first-order valence-electron chi connectivity index (χ1n) is 4.94. The van der Waals surface area contributed by atoms with Crippen LogP contribution in [0.3, 0.4) is 0 Å². The summed E-state index contributed by atoms with van der Waals surface area (Å²) in [6.07, 6.45) is 5.08. The smallest absolute Gasteiger partial charge is 0.0919 e. The molecule has 0 fully saturated rings. The fraction of sp³-hybridized carbons (Fsp3) is 0.700. The van der Waals surface area contributed by atoms with E-state index < -0.39 is 0 Å². The summed E-state index contributed by atoms with van der Waals surface area (Å²) in [5, 5.41) is 0. The Labute approximate surface area is 93.5 Å². The summed E-state index contributed by atoms with van der Waals surface area (Å²) < 4.78 is 1.21. The highest BCUT2D eigenvalue weighted by Crippen LogP contribution is 1.97. The van der Waals surface area contributed by atoms with Crippen molar-refractivity contribution in [3.05, 3.63) is 18.7 Å². The molecule has 1 N–H and O–H groups in total. The number of aromatic amines is 1. The fourth-order valence-corrected chi connectivity index (χ4v) is 0.886. The summed E-state index contributed by atoms with van der Waals surface area (Å²) in [6.45, 7) is 10.5. The van der Waals surface area contributed by atoms with Gasteiger partial charge in [-0.2, -0.15) is 0 Å². The molecule has 1 aromatic heterocycles. The fourth-order valence-electron chi connectivity index (χ4n) is 0.886. The molecule has 0 aliphatic carbocycles. The van der Waals surface area contributed by atoms with Crippen LogP contribution in [-0.2, 0) is 0 Å². The Morgan fingerprint density at radius 2 is 1.64 bits per heavy atom. The molecule has 0 atom stereocenters. The second kappa shape index (κ2) is 9.03. The third-order valence-electron chi connectivity index (χ3n) is 2.70. The van der Waals surface area contributed by atoms with Gasteiger partial charge in [-0.1, -0.05) is 0 Å². The molecule has 0 aliphatic rings. The SMILES string of the molecule is CC[N+](C)(CC)CC.[Cl-].c1c[nH]cn1. The summed E-state index contributed by atoms with van der Waals surface area (Å²) in [7, 11) is 2.29. The topological polar surface area (TPSA) is 28.7 Å². The third-order valence-corrected chi connectivity index (χ3v) is 2.70. The van der Waals surface area contributed by atoms with Crippen LogP contribution in [0.2, 0.25) is 0 Å². The van der Waals surface area contributed by atoms with Crippen molar-refractivity contribution in [2.75, 3.05) is 26.7 Å². The van der Waals surface area contributed by atoms with E-state index in [9.17, 15) is 0 Å². The number of H-pyrrole nitrogens is 1. The van der Waals surface area contributed by atoms with Crippen LogP contribution in [0.5, 0.6) is 0 Å². The molecule has 0 bridgehead atoms. The summed E-state index contributed by atoms with van der Waals surface area (Å²) in [5.74, 6) is 0. The predicted molar refractivity (Wildman–Crippen MR) is 56.4 cm³/mol. The first kappa shape index (κ1) is 15.9. The monoisotopic (exact) mass is 219 g/mol. The number of rotatable bonds is 3. The zero-order valence-electron chi connectivity index (χ0n) is 9.63. The molecule has 14 heavy (non-hydrogen) atoms. The molecule has 0 radical (unpaired) electrons. The standard InChI is InChI=1S/C7H18N.C3H4N2.ClH/c1-5-8(4,6-2)7-3;1-2-5-3-4-1;/h5-7H2,1-4H3;1-3H,(H,4,5);1H/q+1;;/p-1. The molecule has 0 spiro atoms. The lowest BCUT2D eigenvalue weighted by atomic mass is 10.4. The quantitative estimate of drug-likeness (QED) is 0.643. The van der Waals surface area contributed by atoms with E-state index in [1.54, 1.807) is 18.7 Å². The highest BCUT2D eigenvalue weighted by Gasteiger charge is 2.10. The van der Waals surface area contributed by atoms with Crippen molar-refractivity contribution in [2.45, 2.75) is 20.8 Å². The van der Waals surface area contributed by atoms with Crippen molar-refractivity contribution in [2.24, 2.45) is 0 Å². The highest BCUT2D eigenvalue weighted by atomic mass is 35.5. The number of nitrogens with zero attached hydrogens (tertiary/aromatic N) is 2. The molecule has 0 aliphatic heterocycles. The molecule has 0 saturated heterocycles. The number of imidazole rings is 1. The lowest BCUT2D eigenvalue weighted by Crippen LogP contribution is -3.00. The summed E-state index contributed by atoms with van der Waals surface area (Å²) in [4.78, 5) is 6.42. The zero-order chi connectivity index (χ0) is 10.2. The molecule has 0 aromatic carbocycles. The largest absolute Gasteiger partial charge is 1.00 e. The van der Waals surface area contributed by atoms with E-state index in [0.717, 1.165) is 0 Å². The maximum absolute atomic E-state index is 3.67. The molecule has 0 amide bonds. The van der Waals surface area contributed by atoms with Crippen molar-refractivity contribution in [3.8, 4) is 0 Å². The van der Waals surface area contributed by atoms with Gasteiger partial charge in [0.05, 0.1) is 33.0 Å². The second-order valence-electron chi connectivity index (χ2n) is 3.33. The number of halogens is 1. The highest BCUT2D eigenvalue weighted by molar-refractivity contribution is 4.64. The normalized spacial score (nSPS) is 9.71. The number of quaternary nitrogens is 1. The summed E-state index contributed by atoms with van der Waals surface area (Å²) >= 11 is 0. The first-order chi connectivity index (χ1) is 6.18. The Balaban J connectivity index is 0. The lowest BCUT2D eigenvalue weighted by Gasteiger charge is -2.30. The minimum Gasteiger partial charge on any atom is -1.00 e. The predicted octanol–water partition coefficient (Wildman–Crippen LogP) is -1.09. The van der Waals surface area contributed by atoms with E-state index in [2.05, 4.69) is 37.8 Å². The van der Waals surface area contributed by atoms with Crippen LogP contribution in [0.4, 0.5) is 0 Å². The van der Waals surface area contributed by atoms with Crippen molar-refractivity contribution in [1.29, 1.82) is 0 Å². The van der Waals surface area contributed by atoms with Gasteiger partial charge in [-0.05, 0) is 20.8 Å². The summed E-state index contributed by atoms with van der Waals surface area (Å²) in [6, 6.07) is 0. The van der Waals surface area contributed by atoms with Crippen molar-refractivity contribution in [3.63, 3.8) is 0 Å². The number of hydrogen-bond donors (Lipinski definition) is 1. The number of nitrogens with one attached hydrogen (secondary N) is 1. The van der Waals surface area contributed by atoms with Gasteiger partial charge in [0, 0.05) is 12.4 Å². The maximum Gasteiger partial charge on any atom is 0.0919 e. The van der Waals surface area contributed by atoms with E-state index in [1.165, 1.54) is 24.1 Å². The van der Waals surface area contributed by atoms with Crippen LogP contribution in [-0.4, -0.2) is 41.1 Å². The van der Waals surface area contributed by atoms with Crippen molar-refractivity contribution >= 4 is 0 Å².